The first-order chi connectivity index (χ1) is 17.7. The Morgan fingerprint density at radius 3 is 2.43 bits per heavy atom. The van der Waals surface area contributed by atoms with Crippen LogP contribution in [0.2, 0.25) is 5.02 Å². The molecule has 1 heterocycles. The Labute approximate surface area is 220 Å². The van der Waals surface area contributed by atoms with Crippen molar-refractivity contribution < 1.29 is 22.1 Å². The van der Waals surface area contributed by atoms with E-state index < -0.39 is 23.1 Å². The fourth-order valence-electron chi connectivity index (χ4n) is 3.84. The summed E-state index contributed by atoms with van der Waals surface area (Å²) >= 11 is 6.49. The Balaban J connectivity index is 1.72. The molecule has 0 aliphatic heterocycles. The lowest BCUT2D eigenvalue weighted by atomic mass is 9.98. The maximum absolute atomic E-state index is 12.6. The topological polar surface area (TPSA) is 105 Å². The first-order valence-corrected chi connectivity index (χ1v) is 12.7. The Morgan fingerprint density at radius 2 is 1.73 bits per heavy atom. The van der Waals surface area contributed by atoms with Gasteiger partial charge in [0.1, 0.15) is 6.10 Å². The SMILES string of the molecule is COC(=O)c1cccc(Cn2nc(-c3cc(C(O[SH](=O)=O)c4ccc(C)cc4)ccc3Cl)ccc2=O)c1. The molecule has 0 radical (unpaired) electrons. The number of esters is 1. The Morgan fingerprint density at radius 1 is 1.00 bits per heavy atom. The number of hydrogen-bond donors (Lipinski definition) is 1. The van der Waals surface area contributed by atoms with E-state index in [1.807, 2.05) is 19.1 Å². The van der Waals surface area contributed by atoms with Crippen molar-refractivity contribution in [1.82, 2.24) is 9.78 Å². The average molecular weight is 539 g/mol. The van der Waals surface area contributed by atoms with Gasteiger partial charge in [0.25, 0.3) is 16.5 Å². The van der Waals surface area contributed by atoms with E-state index >= 15 is 0 Å². The summed E-state index contributed by atoms with van der Waals surface area (Å²) in [7, 11) is -1.84. The van der Waals surface area contributed by atoms with E-state index in [1.165, 1.54) is 17.9 Å². The summed E-state index contributed by atoms with van der Waals surface area (Å²) in [6, 6.07) is 22.0. The monoisotopic (exact) mass is 538 g/mol. The van der Waals surface area contributed by atoms with Crippen molar-refractivity contribution in [2.24, 2.45) is 0 Å². The largest absolute Gasteiger partial charge is 0.465 e. The lowest BCUT2D eigenvalue weighted by molar-refractivity contribution is 0.0600. The van der Waals surface area contributed by atoms with Gasteiger partial charge in [-0.15, -0.1) is 0 Å². The molecule has 1 atom stereocenters. The Hall–Kier alpha value is -3.79. The van der Waals surface area contributed by atoms with Gasteiger partial charge in [-0.25, -0.2) is 17.9 Å². The summed E-state index contributed by atoms with van der Waals surface area (Å²) < 4.78 is 34.3. The summed E-state index contributed by atoms with van der Waals surface area (Å²) in [6.07, 6.45) is -0.885. The van der Waals surface area contributed by atoms with E-state index in [0.29, 0.717) is 38.5 Å². The highest BCUT2D eigenvalue weighted by Crippen LogP contribution is 2.33. The predicted octanol–water partition coefficient (Wildman–Crippen LogP) is 4.34. The van der Waals surface area contributed by atoms with Crippen LogP contribution in [0.1, 0.15) is 38.7 Å². The first-order valence-electron chi connectivity index (χ1n) is 11.2. The zero-order valence-electron chi connectivity index (χ0n) is 20.0. The van der Waals surface area contributed by atoms with E-state index in [2.05, 4.69) is 5.10 Å². The van der Waals surface area contributed by atoms with Crippen LogP contribution in [0.15, 0.2) is 83.7 Å². The van der Waals surface area contributed by atoms with Gasteiger partial charge in [-0.05, 0) is 53.9 Å². The van der Waals surface area contributed by atoms with Crippen LogP contribution in [0.3, 0.4) is 0 Å². The fraction of sp³-hybridized carbons (Fsp3) is 0.148. The van der Waals surface area contributed by atoms with E-state index in [1.54, 1.807) is 60.7 Å². The number of carbonyl (C=O) groups excluding carboxylic acids is 1. The van der Waals surface area contributed by atoms with Crippen molar-refractivity contribution in [3.05, 3.63) is 122 Å². The molecule has 0 aliphatic rings. The van der Waals surface area contributed by atoms with Gasteiger partial charge < -0.3 is 4.74 Å². The number of carbonyl (C=O) groups is 1. The predicted molar refractivity (Wildman–Crippen MR) is 140 cm³/mol. The minimum absolute atomic E-state index is 0.112. The number of ether oxygens (including phenoxy) is 1. The lowest BCUT2D eigenvalue weighted by Crippen LogP contribution is -2.23. The van der Waals surface area contributed by atoms with Crippen molar-refractivity contribution >= 4 is 28.6 Å². The molecule has 3 aromatic carbocycles. The molecule has 0 N–H and O–H groups in total. The van der Waals surface area contributed by atoms with Gasteiger partial charge in [-0.2, -0.15) is 5.10 Å². The van der Waals surface area contributed by atoms with Crippen molar-refractivity contribution in [3.63, 3.8) is 0 Å². The summed E-state index contributed by atoms with van der Waals surface area (Å²) in [5.41, 5.74) is 3.83. The number of thiol groups is 1. The third-order valence-electron chi connectivity index (χ3n) is 5.69. The number of benzene rings is 3. The molecule has 4 rings (SSSR count). The van der Waals surface area contributed by atoms with Crippen molar-refractivity contribution in [2.75, 3.05) is 7.11 Å². The van der Waals surface area contributed by atoms with Crippen LogP contribution in [0, 0.1) is 6.92 Å². The molecule has 190 valence electrons. The Kier molecular flexibility index (Phi) is 8.17. The van der Waals surface area contributed by atoms with E-state index in [0.717, 1.165) is 5.56 Å². The van der Waals surface area contributed by atoms with Crippen LogP contribution in [-0.4, -0.2) is 31.3 Å². The highest BCUT2D eigenvalue weighted by atomic mass is 35.5. The second-order valence-corrected chi connectivity index (χ2v) is 9.33. The van der Waals surface area contributed by atoms with Crippen LogP contribution in [0.5, 0.6) is 0 Å². The molecule has 4 aromatic rings. The second kappa shape index (κ2) is 11.5. The van der Waals surface area contributed by atoms with Crippen LogP contribution in [0.25, 0.3) is 11.3 Å². The lowest BCUT2D eigenvalue weighted by Gasteiger charge is -2.17. The average Bonchev–Trinajstić information content (AvgIpc) is 2.89. The fourth-order valence-corrected chi connectivity index (χ4v) is 4.47. The third kappa shape index (κ3) is 6.32. The number of methoxy groups -OCH3 is 1. The van der Waals surface area contributed by atoms with E-state index in [-0.39, 0.29) is 12.1 Å². The smallest absolute Gasteiger partial charge is 0.337 e. The molecule has 0 aliphatic carbocycles. The van der Waals surface area contributed by atoms with Crippen LogP contribution < -0.4 is 5.56 Å². The van der Waals surface area contributed by atoms with Crippen LogP contribution in [0.4, 0.5) is 0 Å². The van der Waals surface area contributed by atoms with Crippen molar-refractivity contribution in [3.8, 4) is 11.3 Å². The summed E-state index contributed by atoms with van der Waals surface area (Å²) in [4.78, 5) is 24.4. The van der Waals surface area contributed by atoms with Gasteiger partial charge >= 0.3 is 5.97 Å². The molecule has 0 saturated carbocycles. The maximum Gasteiger partial charge on any atom is 0.337 e. The molecule has 8 nitrogen and oxygen atoms in total. The third-order valence-corrected chi connectivity index (χ3v) is 6.40. The van der Waals surface area contributed by atoms with Gasteiger partial charge in [-0.1, -0.05) is 59.6 Å². The van der Waals surface area contributed by atoms with Gasteiger partial charge in [-0.3, -0.25) is 8.98 Å². The molecule has 10 heteroatoms. The van der Waals surface area contributed by atoms with Gasteiger partial charge in [0.15, 0.2) is 0 Å². The van der Waals surface area contributed by atoms with Gasteiger partial charge in [0.05, 0.1) is 29.9 Å². The van der Waals surface area contributed by atoms with Crippen molar-refractivity contribution in [1.29, 1.82) is 0 Å². The normalized spacial score (nSPS) is 11.9. The van der Waals surface area contributed by atoms with Crippen molar-refractivity contribution in [2.45, 2.75) is 19.6 Å². The molecule has 1 aromatic heterocycles. The van der Waals surface area contributed by atoms with Crippen LogP contribution in [-0.2, 0) is 26.4 Å². The quantitative estimate of drug-likeness (QED) is 0.263. The van der Waals surface area contributed by atoms with Gasteiger partial charge in [0, 0.05) is 11.6 Å². The maximum atomic E-state index is 12.6. The minimum Gasteiger partial charge on any atom is -0.465 e. The highest BCUT2D eigenvalue weighted by molar-refractivity contribution is 7.67. The summed E-state index contributed by atoms with van der Waals surface area (Å²) in [5.74, 6) is -0.482. The second-order valence-electron chi connectivity index (χ2n) is 8.27. The molecular weight excluding hydrogens is 516 g/mol. The molecule has 37 heavy (non-hydrogen) atoms. The summed E-state index contributed by atoms with van der Waals surface area (Å²) in [5, 5.41) is 4.85. The molecule has 0 fully saturated rings. The zero-order valence-corrected chi connectivity index (χ0v) is 21.6. The minimum atomic E-state index is -3.14. The number of halogens is 1. The number of aromatic nitrogens is 2. The zero-order chi connectivity index (χ0) is 26.5. The first kappa shape index (κ1) is 26.3. The Bertz CT molecular complexity index is 1570. The summed E-state index contributed by atoms with van der Waals surface area (Å²) in [6.45, 7) is 2.04. The molecular formula is C27H23ClN2O6S. The molecule has 0 amide bonds. The number of nitrogens with zero attached hydrogens (tertiary/aromatic N) is 2. The molecule has 1 unspecified atom stereocenters. The molecule has 0 bridgehead atoms. The number of hydrogen-bond acceptors (Lipinski definition) is 7. The van der Waals surface area contributed by atoms with E-state index in [4.69, 9.17) is 20.5 Å². The number of rotatable bonds is 8. The molecule has 0 saturated heterocycles. The van der Waals surface area contributed by atoms with E-state index in [9.17, 15) is 18.0 Å². The highest BCUT2D eigenvalue weighted by Gasteiger charge is 2.19. The van der Waals surface area contributed by atoms with Crippen LogP contribution >= 0.6 is 11.6 Å². The number of aryl methyl sites for hydroxylation is 1. The standard InChI is InChI=1S/C27H23ClN2O6S/c1-17-6-8-19(9-7-17)26(36-37(33)34)20-10-11-23(28)22(15-20)24-12-13-25(31)30(29-24)16-18-4-3-5-21(14-18)27(32)35-2/h3-15,26,37H,16H2,1-2H3. The van der Waals surface area contributed by atoms with Gasteiger partial charge in [0.2, 0.25) is 0 Å². The molecule has 0 spiro atoms.